The van der Waals surface area contributed by atoms with Gasteiger partial charge in [0.05, 0.1) is 12.7 Å². The summed E-state index contributed by atoms with van der Waals surface area (Å²) in [5, 5.41) is 0. The first-order chi connectivity index (χ1) is 13.9. The van der Waals surface area contributed by atoms with E-state index >= 15 is 0 Å². The molecule has 0 aliphatic rings. The van der Waals surface area contributed by atoms with Gasteiger partial charge in [-0.2, -0.15) is 0 Å². The molecule has 8 heteroatoms. The van der Waals surface area contributed by atoms with Crippen LogP contribution in [0.4, 0.5) is 0 Å². The van der Waals surface area contributed by atoms with Crippen LogP contribution >= 0.6 is 0 Å². The summed E-state index contributed by atoms with van der Waals surface area (Å²) in [6.45, 7) is 2.10. The number of primary amides is 1. The van der Waals surface area contributed by atoms with Gasteiger partial charge in [0.2, 0.25) is 0 Å². The highest BCUT2D eigenvalue weighted by Crippen LogP contribution is 2.28. The minimum atomic E-state index is -0.672. The Bertz CT molecular complexity index is 854. The van der Waals surface area contributed by atoms with E-state index in [0.717, 1.165) is 5.56 Å². The molecular formula is C21H24N2O6. The Balaban J connectivity index is 1.96. The standard InChI is InChI=1S/C21H24N2O6/c1-3-23(12-15-7-5-4-6-8-15)20(25)14-29-21(26)16-9-10-17(18(11-16)27-2)28-13-19(22)24/h4-11H,3,12-14H2,1-2H3,(H2,22,24). The Morgan fingerprint density at radius 1 is 1.00 bits per heavy atom. The average molecular weight is 400 g/mol. The number of likely N-dealkylation sites (N-methyl/N-ethyl adjacent to an activating group) is 1. The quantitative estimate of drug-likeness (QED) is 0.609. The zero-order valence-electron chi connectivity index (χ0n) is 16.4. The molecule has 2 aromatic carbocycles. The van der Waals surface area contributed by atoms with Gasteiger partial charge < -0.3 is 24.8 Å². The van der Waals surface area contributed by atoms with Crippen molar-refractivity contribution in [1.29, 1.82) is 0 Å². The largest absolute Gasteiger partial charge is 0.493 e. The van der Waals surface area contributed by atoms with Crippen molar-refractivity contribution in [2.75, 3.05) is 26.9 Å². The lowest BCUT2D eigenvalue weighted by Crippen LogP contribution is -2.34. The van der Waals surface area contributed by atoms with Crippen molar-refractivity contribution in [3.63, 3.8) is 0 Å². The molecule has 0 aromatic heterocycles. The maximum atomic E-state index is 12.4. The number of benzene rings is 2. The van der Waals surface area contributed by atoms with Gasteiger partial charge in [-0.05, 0) is 30.7 Å². The molecule has 0 saturated heterocycles. The number of nitrogens with zero attached hydrogens (tertiary/aromatic N) is 1. The van der Waals surface area contributed by atoms with Crippen LogP contribution in [0.5, 0.6) is 11.5 Å². The Kier molecular flexibility index (Phi) is 8.02. The third kappa shape index (κ3) is 6.53. The van der Waals surface area contributed by atoms with Gasteiger partial charge in [0.1, 0.15) is 0 Å². The highest BCUT2D eigenvalue weighted by atomic mass is 16.5. The highest BCUT2D eigenvalue weighted by molar-refractivity contribution is 5.92. The zero-order valence-corrected chi connectivity index (χ0v) is 16.4. The van der Waals surface area contributed by atoms with E-state index in [4.69, 9.17) is 19.9 Å². The van der Waals surface area contributed by atoms with Crippen LogP contribution in [0.2, 0.25) is 0 Å². The van der Waals surface area contributed by atoms with Crippen LogP contribution in [0.1, 0.15) is 22.8 Å². The van der Waals surface area contributed by atoms with Crippen molar-refractivity contribution in [3.8, 4) is 11.5 Å². The number of ether oxygens (including phenoxy) is 3. The summed E-state index contributed by atoms with van der Waals surface area (Å²) >= 11 is 0. The summed E-state index contributed by atoms with van der Waals surface area (Å²) in [5.41, 5.74) is 6.23. The van der Waals surface area contributed by atoms with Crippen molar-refractivity contribution < 1.29 is 28.6 Å². The minimum Gasteiger partial charge on any atom is -0.493 e. The summed E-state index contributed by atoms with van der Waals surface area (Å²) in [6.07, 6.45) is 0. The third-order valence-corrected chi connectivity index (χ3v) is 4.05. The molecule has 0 aliphatic heterocycles. The second-order valence-corrected chi connectivity index (χ2v) is 6.09. The molecule has 2 N–H and O–H groups in total. The molecule has 2 amide bonds. The number of carbonyl (C=O) groups excluding carboxylic acids is 3. The fourth-order valence-corrected chi connectivity index (χ4v) is 2.54. The Morgan fingerprint density at radius 2 is 1.72 bits per heavy atom. The number of hydrogen-bond acceptors (Lipinski definition) is 6. The van der Waals surface area contributed by atoms with Crippen molar-refractivity contribution in [1.82, 2.24) is 4.90 Å². The van der Waals surface area contributed by atoms with Gasteiger partial charge in [-0.1, -0.05) is 30.3 Å². The van der Waals surface area contributed by atoms with E-state index in [1.165, 1.54) is 25.3 Å². The number of methoxy groups -OCH3 is 1. The molecule has 29 heavy (non-hydrogen) atoms. The van der Waals surface area contributed by atoms with Crippen LogP contribution in [0.15, 0.2) is 48.5 Å². The van der Waals surface area contributed by atoms with Crippen LogP contribution in [-0.4, -0.2) is 49.6 Å². The summed E-state index contributed by atoms with van der Waals surface area (Å²) < 4.78 is 15.5. The first kappa shape index (κ1) is 21.7. The Morgan fingerprint density at radius 3 is 2.34 bits per heavy atom. The fourth-order valence-electron chi connectivity index (χ4n) is 2.54. The molecular weight excluding hydrogens is 376 g/mol. The highest BCUT2D eigenvalue weighted by Gasteiger charge is 2.17. The molecule has 0 radical (unpaired) electrons. The molecule has 0 spiro atoms. The average Bonchev–Trinajstić information content (AvgIpc) is 2.74. The van der Waals surface area contributed by atoms with Gasteiger partial charge in [0.15, 0.2) is 24.7 Å². The second kappa shape index (κ2) is 10.7. The smallest absolute Gasteiger partial charge is 0.338 e. The van der Waals surface area contributed by atoms with Gasteiger partial charge in [0, 0.05) is 13.1 Å². The van der Waals surface area contributed by atoms with Crippen molar-refractivity contribution >= 4 is 17.8 Å². The molecule has 8 nitrogen and oxygen atoms in total. The number of amides is 2. The first-order valence-corrected chi connectivity index (χ1v) is 9.02. The van der Waals surface area contributed by atoms with Crippen molar-refractivity contribution in [2.45, 2.75) is 13.5 Å². The molecule has 2 aromatic rings. The maximum absolute atomic E-state index is 12.4. The summed E-state index contributed by atoms with van der Waals surface area (Å²) in [7, 11) is 1.40. The maximum Gasteiger partial charge on any atom is 0.338 e. The van der Waals surface area contributed by atoms with E-state index in [0.29, 0.717) is 13.1 Å². The van der Waals surface area contributed by atoms with Gasteiger partial charge in [-0.25, -0.2) is 4.79 Å². The molecule has 0 heterocycles. The van der Waals surface area contributed by atoms with Gasteiger partial charge >= 0.3 is 5.97 Å². The predicted octanol–water partition coefficient (Wildman–Crippen LogP) is 1.76. The van der Waals surface area contributed by atoms with E-state index in [1.54, 1.807) is 4.90 Å². The molecule has 0 atom stereocenters. The van der Waals surface area contributed by atoms with Crippen molar-refractivity contribution in [2.24, 2.45) is 5.73 Å². The first-order valence-electron chi connectivity index (χ1n) is 9.02. The van der Waals surface area contributed by atoms with E-state index in [2.05, 4.69) is 0 Å². The lowest BCUT2D eigenvalue weighted by Gasteiger charge is -2.21. The predicted molar refractivity (Wildman–Crippen MR) is 105 cm³/mol. The summed E-state index contributed by atoms with van der Waals surface area (Å²) in [6, 6.07) is 13.9. The van der Waals surface area contributed by atoms with Crippen molar-refractivity contribution in [3.05, 3.63) is 59.7 Å². The topological polar surface area (TPSA) is 108 Å². The van der Waals surface area contributed by atoms with Crippen LogP contribution in [-0.2, 0) is 20.9 Å². The minimum absolute atomic E-state index is 0.187. The van der Waals surface area contributed by atoms with Crippen LogP contribution < -0.4 is 15.2 Å². The van der Waals surface area contributed by atoms with Gasteiger partial charge in [-0.3, -0.25) is 9.59 Å². The Hall–Kier alpha value is -3.55. The third-order valence-electron chi connectivity index (χ3n) is 4.05. The molecule has 0 fully saturated rings. The molecule has 154 valence electrons. The molecule has 0 aliphatic carbocycles. The second-order valence-electron chi connectivity index (χ2n) is 6.09. The monoisotopic (exact) mass is 400 g/mol. The lowest BCUT2D eigenvalue weighted by molar-refractivity contribution is -0.135. The molecule has 0 bridgehead atoms. The Labute approximate surface area is 169 Å². The number of hydrogen-bond donors (Lipinski definition) is 1. The molecule has 0 unspecified atom stereocenters. The van der Waals surface area contributed by atoms with E-state index in [-0.39, 0.29) is 36.2 Å². The van der Waals surface area contributed by atoms with Gasteiger partial charge in [0.25, 0.3) is 11.8 Å². The number of nitrogens with two attached hydrogens (primary N) is 1. The van der Waals surface area contributed by atoms with Crippen LogP contribution in [0.3, 0.4) is 0 Å². The van der Waals surface area contributed by atoms with Gasteiger partial charge in [-0.15, -0.1) is 0 Å². The fraction of sp³-hybridized carbons (Fsp3) is 0.286. The number of rotatable bonds is 10. The summed E-state index contributed by atoms with van der Waals surface area (Å²) in [5.74, 6) is -1.10. The van der Waals surface area contributed by atoms with Crippen LogP contribution in [0, 0.1) is 0 Å². The summed E-state index contributed by atoms with van der Waals surface area (Å²) in [4.78, 5) is 37.1. The number of carbonyl (C=O) groups is 3. The van der Waals surface area contributed by atoms with Crippen LogP contribution in [0.25, 0.3) is 0 Å². The van der Waals surface area contributed by atoms with E-state index < -0.39 is 11.9 Å². The zero-order chi connectivity index (χ0) is 21.2. The molecule has 2 rings (SSSR count). The number of esters is 1. The van der Waals surface area contributed by atoms with E-state index in [1.807, 2.05) is 37.3 Å². The molecule has 0 saturated carbocycles. The lowest BCUT2D eigenvalue weighted by atomic mass is 10.2. The SMILES string of the molecule is CCN(Cc1ccccc1)C(=O)COC(=O)c1ccc(OCC(N)=O)c(OC)c1. The van der Waals surface area contributed by atoms with E-state index in [9.17, 15) is 14.4 Å². The normalized spacial score (nSPS) is 10.1.